The van der Waals surface area contributed by atoms with Crippen molar-refractivity contribution in [3.05, 3.63) is 33.3 Å². The van der Waals surface area contributed by atoms with Gasteiger partial charge in [0.15, 0.2) is 0 Å². The average molecular weight is 361 g/mol. The third kappa shape index (κ3) is 3.96. The lowest BCUT2D eigenvalue weighted by Crippen LogP contribution is -2.43. The van der Waals surface area contributed by atoms with Crippen molar-refractivity contribution < 1.29 is 9.53 Å². The van der Waals surface area contributed by atoms with E-state index >= 15 is 0 Å². The summed E-state index contributed by atoms with van der Waals surface area (Å²) in [5.74, 6) is 0.0317. The quantitative estimate of drug-likeness (QED) is 0.808. The van der Waals surface area contributed by atoms with Crippen molar-refractivity contribution >= 4 is 33.4 Å². The summed E-state index contributed by atoms with van der Waals surface area (Å²) in [6.07, 6.45) is 3.20. The smallest absolute Gasteiger partial charge is 0.253 e. The van der Waals surface area contributed by atoms with Gasteiger partial charge in [-0.3, -0.25) is 4.79 Å². The summed E-state index contributed by atoms with van der Waals surface area (Å²) >= 11 is 9.39. The summed E-state index contributed by atoms with van der Waals surface area (Å²) in [6.45, 7) is 4.32. The topological polar surface area (TPSA) is 29.5 Å². The molecule has 0 saturated carbocycles. The van der Waals surface area contributed by atoms with Crippen molar-refractivity contribution in [3.8, 4) is 0 Å². The van der Waals surface area contributed by atoms with E-state index in [2.05, 4.69) is 22.9 Å². The number of piperidine rings is 1. The number of ether oxygens (including phenoxy) is 1. The summed E-state index contributed by atoms with van der Waals surface area (Å²) in [5, 5.41) is 0.562. The second-order valence-corrected chi connectivity index (χ2v) is 6.28. The van der Waals surface area contributed by atoms with Gasteiger partial charge in [-0.1, -0.05) is 18.5 Å². The highest BCUT2D eigenvalue weighted by molar-refractivity contribution is 9.10. The normalized spacial score (nSPS) is 19.1. The summed E-state index contributed by atoms with van der Waals surface area (Å²) < 4.78 is 6.57. The molecule has 1 aliphatic heterocycles. The molecule has 0 spiro atoms. The molecule has 1 amide bonds. The van der Waals surface area contributed by atoms with Crippen LogP contribution in [0.1, 0.15) is 36.5 Å². The van der Waals surface area contributed by atoms with Gasteiger partial charge in [0.05, 0.1) is 11.1 Å². The first-order valence-electron chi connectivity index (χ1n) is 6.97. The highest BCUT2D eigenvalue weighted by Crippen LogP contribution is 2.24. The second-order valence-electron chi connectivity index (χ2n) is 5.02. The van der Waals surface area contributed by atoms with Crippen LogP contribution in [0.4, 0.5) is 0 Å². The van der Waals surface area contributed by atoms with Crippen LogP contribution in [0.5, 0.6) is 0 Å². The molecular formula is C15H19BrClNO2. The molecule has 110 valence electrons. The highest BCUT2D eigenvalue weighted by atomic mass is 79.9. The van der Waals surface area contributed by atoms with Crippen molar-refractivity contribution in [2.75, 3.05) is 19.7 Å². The van der Waals surface area contributed by atoms with E-state index in [1.807, 2.05) is 11.0 Å². The van der Waals surface area contributed by atoms with Crippen molar-refractivity contribution in [1.29, 1.82) is 0 Å². The Morgan fingerprint density at radius 1 is 1.55 bits per heavy atom. The summed E-state index contributed by atoms with van der Waals surface area (Å²) in [5.41, 5.74) is 0.634. The molecule has 1 aliphatic rings. The minimum Gasteiger partial charge on any atom is -0.376 e. The van der Waals surface area contributed by atoms with Gasteiger partial charge in [0.25, 0.3) is 5.91 Å². The van der Waals surface area contributed by atoms with Gasteiger partial charge in [0.1, 0.15) is 0 Å². The third-order valence-electron chi connectivity index (χ3n) is 3.39. The van der Waals surface area contributed by atoms with Crippen LogP contribution < -0.4 is 0 Å². The maximum atomic E-state index is 12.5. The molecule has 1 atom stereocenters. The number of amides is 1. The lowest BCUT2D eigenvalue weighted by molar-refractivity contribution is 0.00211. The molecule has 0 aliphatic carbocycles. The molecule has 2 rings (SSSR count). The average Bonchev–Trinajstić information content (AvgIpc) is 2.47. The van der Waals surface area contributed by atoms with Gasteiger partial charge in [-0.05, 0) is 53.4 Å². The monoisotopic (exact) mass is 359 g/mol. The van der Waals surface area contributed by atoms with E-state index < -0.39 is 0 Å². The Morgan fingerprint density at radius 2 is 2.35 bits per heavy atom. The van der Waals surface area contributed by atoms with E-state index in [4.69, 9.17) is 16.3 Å². The zero-order valence-corrected chi connectivity index (χ0v) is 13.9. The number of carbonyl (C=O) groups excluding carboxylic acids is 1. The van der Waals surface area contributed by atoms with Gasteiger partial charge in [-0.15, -0.1) is 0 Å². The van der Waals surface area contributed by atoms with Crippen molar-refractivity contribution in [2.45, 2.75) is 32.3 Å². The Labute approximate surface area is 133 Å². The number of halogens is 2. The zero-order chi connectivity index (χ0) is 14.5. The van der Waals surface area contributed by atoms with Crippen LogP contribution in [0.25, 0.3) is 0 Å². The molecule has 1 heterocycles. The molecule has 1 saturated heterocycles. The Morgan fingerprint density at radius 3 is 3.05 bits per heavy atom. The number of likely N-dealkylation sites (tertiary alicyclic amines) is 1. The molecule has 3 nitrogen and oxygen atoms in total. The van der Waals surface area contributed by atoms with Crippen molar-refractivity contribution in [2.24, 2.45) is 0 Å². The molecule has 0 radical (unpaired) electrons. The molecule has 0 bridgehead atoms. The SMILES string of the molecule is CCCOC1CCCN(C(=O)c2ccc(Br)c(Cl)c2)C1. The van der Waals surface area contributed by atoms with Gasteiger partial charge in [-0.2, -0.15) is 0 Å². The molecule has 1 unspecified atom stereocenters. The number of benzene rings is 1. The fourth-order valence-electron chi connectivity index (χ4n) is 2.35. The van der Waals surface area contributed by atoms with Gasteiger partial charge in [-0.25, -0.2) is 0 Å². The minimum atomic E-state index is 0.0317. The highest BCUT2D eigenvalue weighted by Gasteiger charge is 2.25. The van der Waals surface area contributed by atoms with Gasteiger partial charge >= 0.3 is 0 Å². The summed E-state index contributed by atoms with van der Waals surface area (Å²) in [7, 11) is 0. The van der Waals surface area contributed by atoms with E-state index in [0.717, 1.165) is 36.9 Å². The summed E-state index contributed by atoms with van der Waals surface area (Å²) in [6, 6.07) is 5.32. The number of carbonyl (C=O) groups is 1. The van der Waals surface area contributed by atoms with E-state index in [9.17, 15) is 4.79 Å². The van der Waals surface area contributed by atoms with Crippen LogP contribution >= 0.6 is 27.5 Å². The predicted molar refractivity (Wildman–Crippen MR) is 84.3 cm³/mol. The standard InChI is InChI=1S/C15H19BrClNO2/c1-2-8-20-12-4-3-7-18(10-12)15(19)11-5-6-13(16)14(17)9-11/h5-6,9,12H,2-4,7-8,10H2,1H3. The van der Waals surface area contributed by atoms with E-state index in [1.165, 1.54) is 0 Å². The Hall–Kier alpha value is -0.580. The van der Waals surface area contributed by atoms with E-state index in [0.29, 0.717) is 17.1 Å². The first kappa shape index (κ1) is 15.8. The van der Waals surface area contributed by atoms with Crippen LogP contribution in [0.2, 0.25) is 5.02 Å². The molecule has 5 heteroatoms. The molecular weight excluding hydrogens is 342 g/mol. The van der Waals surface area contributed by atoms with Crippen molar-refractivity contribution in [3.63, 3.8) is 0 Å². The first-order chi connectivity index (χ1) is 9.61. The van der Waals surface area contributed by atoms with Crippen LogP contribution in [0.15, 0.2) is 22.7 Å². The van der Waals surface area contributed by atoms with Crippen molar-refractivity contribution in [1.82, 2.24) is 4.90 Å². The lowest BCUT2D eigenvalue weighted by Gasteiger charge is -2.32. The number of hydrogen-bond donors (Lipinski definition) is 0. The van der Waals surface area contributed by atoms with Gasteiger partial charge < -0.3 is 9.64 Å². The third-order valence-corrected chi connectivity index (χ3v) is 4.62. The van der Waals surface area contributed by atoms with Gasteiger partial charge in [0, 0.05) is 29.7 Å². The maximum Gasteiger partial charge on any atom is 0.253 e. The fourth-order valence-corrected chi connectivity index (χ4v) is 2.78. The molecule has 1 fully saturated rings. The van der Waals surface area contributed by atoms with E-state index in [-0.39, 0.29) is 12.0 Å². The molecule has 0 N–H and O–H groups in total. The lowest BCUT2D eigenvalue weighted by atomic mass is 10.1. The van der Waals surface area contributed by atoms with Gasteiger partial charge in [0.2, 0.25) is 0 Å². The molecule has 1 aromatic carbocycles. The minimum absolute atomic E-state index is 0.0317. The number of rotatable bonds is 4. The first-order valence-corrected chi connectivity index (χ1v) is 8.15. The molecule has 1 aromatic rings. The zero-order valence-electron chi connectivity index (χ0n) is 11.6. The van der Waals surface area contributed by atoms with Crippen LogP contribution in [-0.4, -0.2) is 36.6 Å². The largest absolute Gasteiger partial charge is 0.376 e. The second kappa shape index (κ2) is 7.43. The van der Waals surface area contributed by atoms with Crippen LogP contribution in [-0.2, 0) is 4.74 Å². The number of nitrogens with zero attached hydrogens (tertiary/aromatic N) is 1. The maximum absolute atomic E-state index is 12.5. The summed E-state index contributed by atoms with van der Waals surface area (Å²) in [4.78, 5) is 14.3. The Bertz CT molecular complexity index is 481. The molecule has 0 aromatic heterocycles. The number of hydrogen-bond acceptors (Lipinski definition) is 2. The Balaban J connectivity index is 2.02. The fraction of sp³-hybridized carbons (Fsp3) is 0.533. The van der Waals surface area contributed by atoms with Crippen LogP contribution in [0, 0.1) is 0 Å². The van der Waals surface area contributed by atoms with Crippen LogP contribution in [0.3, 0.4) is 0 Å². The Kier molecular flexibility index (Phi) is 5.87. The molecule has 20 heavy (non-hydrogen) atoms. The van der Waals surface area contributed by atoms with E-state index in [1.54, 1.807) is 12.1 Å². The predicted octanol–water partition coefficient (Wildman–Crippen LogP) is 4.13.